The fourth-order valence-electron chi connectivity index (χ4n) is 4.22. The predicted octanol–water partition coefficient (Wildman–Crippen LogP) is 4.96. The smallest absolute Gasteiger partial charge is 0.401 e. The lowest BCUT2D eigenvalue weighted by atomic mass is 10.0. The fourth-order valence-corrected chi connectivity index (χ4v) is 4.22. The van der Waals surface area contributed by atoms with Crippen LogP contribution >= 0.6 is 0 Å². The van der Waals surface area contributed by atoms with Crippen LogP contribution in [0.15, 0.2) is 48.5 Å². The van der Waals surface area contributed by atoms with Gasteiger partial charge in [-0.15, -0.1) is 0 Å². The molecule has 1 heterocycles. The summed E-state index contributed by atoms with van der Waals surface area (Å²) in [6.07, 6.45) is -4.19. The Morgan fingerprint density at radius 1 is 1.04 bits per heavy atom. The number of alkyl halides is 3. The van der Waals surface area contributed by atoms with Gasteiger partial charge in [-0.2, -0.15) is 13.2 Å². The molecule has 0 N–H and O–H groups in total. The van der Waals surface area contributed by atoms with E-state index in [0.717, 1.165) is 5.56 Å². The van der Waals surface area contributed by atoms with Crippen LogP contribution in [0.5, 0.6) is 5.75 Å². The van der Waals surface area contributed by atoms with Crippen molar-refractivity contribution in [2.75, 3.05) is 19.7 Å². The first-order valence-corrected chi connectivity index (χ1v) is 9.02. The lowest BCUT2D eigenvalue weighted by Crippen LogP contribution is -2.35. The molecule has 0 aromatic heterocycles. The summed E-state index contributed by atoms with van der Waals surface area (Å²) in [4.78, 5) is 1.42. The number of benzene rings is 2. The molecule has 2 aliphatic rings. The zero-order chi connectivity index (χ0) is 18.3. The van der Waals surface area contributed by atoms with Crippen molar-refractivity contribution in [3.8, 4) is 5.75 Å². The molecule has 0 amide bonds. The minimum atomic E-state index is -4.19. The molecule has 138 valence electrons. The topological polar surface area (TPSA) is 12.5 Å². The Morgan fingerprint density at radius 2 is 1.77 bits per heavy atom. The summed E-state index contributed by atoms with van der Waals surface area (Å²) in [5.41, 5.74) is 3.38. The SMILES string of the molecule is C[C@@H]1[C@H](c2ccccc2)[C@H]1c1ccc2c(c1)CN(CC(F)(F)F)CCO2. The average Bonchev–Trinajstić information content (AvgIpc) is 3.30. The van der Waals surface area contributed by atoms with E-state index in [9.17, 15) is 13.2 Å². The Kier molecular flexibility index (Phi) is 4.43. The van der Waals surface area contributed by atoms with Gasteiger partial charge in [0.25, 0.3) is 0 Å². The molecule has 1 fully saturated rings. The molecular weight excluding hydrogens is 339 g/mol. The third-order valence-electron chi connectivity index (χ3n) is 5.49. The van der Waals surface area contributed by atoms with Gasteiger partial charge in [0, 0.05) is 18.7 Å². The molecular formula is C21H22F3NO. The van der Waals surface area contributed by atoms with E-state index in [2.05, 4.69) is 37.3 Å². The first kappa shape index (κ1) is 17.4. The van der Waals surface area contributed by atoms with Crippen LogP contribution in [0.3, 0.4) is 0 Å². The summed E-state index contributed by atoms with van der Waals surface area (Å²) < 4.78 is 44.0. The Morgan fingerprint density at radius 3 is 2.50 bits per heavy atom. The van der Waals surface area contributed by atoms with Gasteiger partial charge in [0.05, 0.1) is 6.54 Å². The van der Waals surface area contributed by atoms with Crippen LogP contribution in [-0.2, 0) is 6.54 Å². The summed E-state index contributed by atoms with van der Waals surface area (Å²) in [5, 5.41) is 0. The second-order valence-corrected chi connectivity index (χ2v) is 7.36. The molecule has 0 unspecified atom stereocenters. The van der Waals surface area contributed by atoms with Crippen molar-refractivity contribution in [1.29, 1.82) is 0 Å². The van der Waals surface area contributed by atoms with Crippen molar-refractivity contribution in [2.24, 2.45) is 5.92 Å². The van der Waals surface area contributed by atoms with E-state index < -0.39 is 12.7 Å². The van der Waals surface area contributed by atoms with Gasteiger partial charge in [0.2, 0.25) is 0 Å². The second kappa shape index (κ2) is 6.62. The molecule has 5 heteroatoms. The molecule has 2 aromatic rings. The van der Waals surface area contributed by atoms with E-state index in [1.165, 1.54) is 16.0 Å². The quantitative estimate of drug-likeness (QED) is 0.766. The molecule has 0 spiro atoms. The normalized spacial score (nSPS) is 25.9. The fraction of sp³-hybridized carbons (Fsp3) is 0.429. The van der Waals surface area contributed by atoms with Crippen molar-refractivity contribution in [1.82, 2.24) is 4.90 Å². The van der Waals surface area contributed by atoms with E-state index in [0.29, 0.717) is 23.5 Å². The lowest BCUT2D eigenvalue weighted by Gasteiger charge is -2.20. The summed E-state index contributed by atoms with van der Waals surface area (Å²) >= 11 is 0. The van der Waals surface area contributed by atoms with Crippen molar-refractivity contribution in [2.45, 2.75) is 31.5 Å². The Hall–Kier alpha value is -2.01. The lowest BCUT2D eigenvalue weighted by molar-refractivity contribution is -0.147. The maximum atomic E-state index is 12.8. The first-order chi connectivity index (χ1) is 12.4. The summed E-state index contributed by atoms with van der Waals surface area (Å²) in [6.45, 7) is 2.19. The van der Waals surface area contributed by atoms with Crippen LogP contribution in [0, 0.1) is 5.92 Å². The van der Waals surface area contributed by atoms with Gasteiger partial charge >= 0.3 is 6.18 Å². The Balaban J connectivity index is 1.56. The maximum Gasteiger partial charge on any atom is 0.401 e. The van der Waals surface area contributed by atoms with E-state index in [4.69, 9.17) is 4.74 Å². The molecule has 1 saturated carbocycles. The van der Waals surface area contributed by atoms with E-state index in [1.807, 2.05) is 18.2 Å². The number of hydrogen-bond acceptors (Lipinski definition) is 2. The highest BCUT2D eigenvalue weighted by Gasteiger charge is 2.48. The Bertz CT molecular complexity index is 775. The zero-order valence-electron chi connectivity index (χ0n) is 14.7. The first-order valence-electron chi connectivity index (χ1n) is 9.02. The molecule has 1 aliphatic heterocycles. The van der Waals surface area contributed by atoms with Crippen LogP contribution < -0.4 is 4.74 Å². The van der Waals surface area contributed by atoms with Crippen LogP contribution in [0.25, 0.3) is 0 Å². The number of rotatable bonds is 3. The van der Waals surface area contributed by atoms with Crippen molar-refractivity contribution >= 4 is 0 Å². The van der Waals surface area contributed by atoms with Gasteiger partial charge < -0.3 is 4.74 Å². The van der Waals surface area contributed by atoms with Crippen LogP contribution in [0.4, 0.5) is 13.2 Å². The van der Waals surface area contributed by atoms with Gasteiger partial charge in [-0.25, -0.2) is 0 Å². The highest BCUT2D eigenvalue weighted by Crippen LogP contribution is 2.60. The molecule has 0 saturated heterocycles. The summed E-state index contributed by atoms with van der Waals surface area (Å²) in [7, 11) is 0. The number of ether oxygens (including phenoxy) is 1. The van der Waals surface area contributed by atoms with E-state index in [-0.39, 0.29) is 19.7 Å². The molecule has 4 rings (SSSR count). The largest absolute Gasteiger partial charge is 0.492 e. The highest BCUT2D eigenvalue weighted by molar-refractivity contribution is 5.44. The minimum absolute atomic E-state index is 0.278. The number of hydrogen-bond donors (Lipinski definition) is 0. The van der Waals surface area contributed by atoms with Crippen LogP contribution in [0.1, 0.15) is 35.4 Å². The molecule has 1 aliphatic carbocycles. The molecule has 2 aromatic carbocycles. The molecule has 0 bridgehead atoms. The van der Waals surface area contributed by atoms with Crippen LogP contribution in [0.2, 0.25) is 0 Å². The number of halogens is 3. The third kappa shape index (κ3) is 3.58. The van der Waals surface area contributed by atoms with E-state index in [1.54, 1.807) is 0 Å². The number of nitrogens with zero attached hydrogens (tertiary/aromatic N) is 1. The predicted molar refractivity (Wildman–Crippen MR) is 94.4 cm³/mol. The van der Waals surface area contributed by atoms with Crippen molar-refractivity contribution < 1.29 is 17.9 Å². The van der Waals surface area contributed by atoms with Crippen molar-refractivity contribution in [3.05, 3.63) is 65.2 Å². The summed E-state index contributed by atoms with van der Waals surface area (Å²) in [5.74, 6) is 2.14. The Labute approximate surface area is 151 Å². The van der Waals surface area contributed by atoms with Crippen LogP contribution in [-0.4, -0.2) is 30.8 Å². The van der Waals surface area contributed by atoms with Gasteiger partial charge in [-0.05, 0) is 34.9 Å². The zero-order valence-corrected chi connectivity index (χ0v) is 14.7. The maximum absolute atomic E-state index is 12.8. The monoisotopic (exact) mass is 361 g/mol. The summed E-state index contributed by atoms with van der Waals surface area (Å²) in [6, 6.07) is 16.5. The average molecular weight is 361 g/mol. The molecule has 26 heavy (non-hydrogen) atoms. The third-order valence-corrected chi connectivity index (χ3v) is 5.49. The van der Waals surface area contributed by atoms with Gasteiger partial charge in [-0.1, -0.05) is 49.4 Å². The molecule has 2 nitrogen and oxygen atoms in total. The molecule has 3 atom stereocenters. The second-order valence-electron chi connectivity index (χ2n) is 7.36. The van der Waals surface area contributed by atoms with Crippen molar-refractivity contribution in [3.63, 3.8) is 0 Å². The van der Waals surface area contributed by atoms with E-state index >= 15 is 0 Å². The minimum Gasteiger partial charge on any atom is -0.492 e. The van der Waals surface area contributed by atoms with Gasteiger partial charge in [0.15, 0.2) is 0 Å². The molecule has 0 radical (unpaired) electrons. The van der Waals surface area contributed by atoms with Gasteiger partial charge in [0.1, 0.15) is 12.4 Å². The van der Waals surface area contributed by atoms with Gasteiger partial charge in [-0.3, -0.25) is 4.90 Å². The number of fused-ring (bicyclic) bond motifs is 1. The standard InChI is InChI=1S/C21H22F3NO/c1-14-19(15-5-3-2-4-6-15)20(14)16-7-8-18-17(11-16)12-25(9-10-26-18)13-21(22,23)24/h2-8,11,14,19-20H,9-10,12-13H2,1H3/t14-,19-,20-/m1/s1. The highest BCUT2D eigenvalue weighted by atomic mass is 19.4.